The molecule has 0 fully saturated rings. The minimum absolute atomic E-state index is 0.0484. The van der Waals surface area contributed by atoms with Crippen molar-refractivity contribution in [2.75, 3.05) is 11.9 Å². The highest BCUT2D eigenvalue weighted by Gasteiger charge is 2.35. The summed E-state index contributed by atoms with van der Waals surface area (Å²) in [5.41, 5.74) is 5.47. The first kappa shape index (κ1) is 18.9. The zero-order valence-electron chi connectivity index (χ0n) is 16.8. The predicted octanol–water partition coefficient (Wildman–Crippen LogP) is 5.68. The fourth-order valence-corrected chi connectivity index (χ4v) is 3.86. The molecule has 0 spiro atoms. The number of hydrogen-bond donors (Lipinski definition) is 0. The molecule has 0 aliphatic carbocycles. The number of Topliss-reactive ketones (excluding diaryl/α,β-unsaturated/α-hetero) is 1. The summed E-state index contributed by atoms with van der Waals surface area (Å²) in [7, 11) is 1.82. The van der Waals surface area contributed by atoms with E-state index in [0.29, 0.717) is 11.3 Å². The zero-order chi connectivity index (χ0) is 20.5. The third-order valence-corrected chi connectivity index (χ3v) is 5.33. The first-order valence-corrected chi connectivity index (χ1v) is 9.61. The van der Waals surface area contributed by atoms with Gasteiger partial charge in [0.25, 0.3) is 0 Å². The van der Waals surface area contributed by atoms with Gasteiger partial charge in [-0.1, -0.05) is 60.2 Å². The van der Waals surface area contributed by atoms with Crippen molar-refractivity contribution in [1.82, 2.24) is 4.90 Å². The van der Waals surface area contributed by atoms with E-state index < -0.39 is 6.17 Å². The van der Waals surface area contributed by atoms with Gasteiger partial charge >= 0.3 is 0 Å². The third kappa shape index (κ3) is 3.54. The van der Waals surface area contributed by atoms with Gasteiger partial charge < -0.3 is 9.80 Å². The van der Waals surface area contributed by atoms with E-state index in [-0.39, 0.29) is 11.6 Å². The zero-order valence-corrected chi connectivity index (χ0v) is 16.8. The molecule has 0 bridgehead atoms. The molecule has 4 heteroatoms. The number of halogens is 1. The summed E-state index contributed by atoms with van der Waals surface area (Å²) >= 11 is 0. The highest BCUT2D eigenvalue weighted by molar-refractivity contribution is 5.94. The number of hydrogen-bond acceptors (Lipinski definition) is 3. The van der Waals surface area contributed by atoms with Crippen molar-refractivity contribution in [2.45, 2.75) is 20.0 Å². The number of carbonyl (C=O) groups excluding carboxylic acids is 1. The van der Waals surface area contributed by atoms with Gasteiger partial charge in [0.05, 0.1) is 5.70 Å². The van der Waals surface area contributed by atoms with Crippen LogP contribution in [0.2, 0.25) is 0 Å². The van der Waals surface area contributed by atoms with Crippen LogP contribution in [0.4, 0.5) is 10.1 Å². The van der Waals surface area contributed by atoms with Gasteiger partial charge in [-0.05, 0) is 36.2 Å². The first-order valence-electron chi connectivity index (χ1n) is 9.61. The molecule has 0 saturated carbocycles. The number of benzene rings is 3. The lowest BCUT2D eigenvalue weighted by molar-refractivity contribution is -0.114. The van der Waals surface area contributed by atoms with Crippen LogP contribution in [0, 0.1) is 12.7 Å². The van der Waals surface area contributed by atoms with E-state index in [1.165, 1.54) is 18.6 Å². The molecular weight excluding hydrogens is 363 g/mol. The molecule has 3 aromatic rings. The number of anilines is 1. The van der Waals surface area contributed by atoms with Crippen LogP contribution in [0.3, 0.4) is 0 Å². The van der Waals surface area contributed by atoms with Gasteiger partial charge in [0.2, 0.25) is 0 Å². The molecule has 0 N–H and O–H groups in total. The van der Waals surface area contributed by atoms with Crippen LogP contribution in [0.5, 0.6) is 0 Å². The number of rotatable bonds is 4. The minimum Gasteiger partial charge on any atom is -0.346 e. The van der Waals surface area contributed by atoms with E-state index in [1.807, 2.05) is 41.1 Å². The molecule has 1 unspecified atom stereocenters. The van der Waals surface area contributed by atoms with Crippen LogP contribution in [0.25, 0.3) is 11.1 Å². The van der Waals surface area contributed by atoms with Gasteiger partial charge in [0, 0.05) is 31.4 Å². The van der Waals surface area contributed by atoms with Gasteiger partial charge in [-0.3, -0.25) is 4.79 Å². The molecule has 0 saturated heterocycles. The second kappa shape index (κ2) is 7.55. The molecule has 1 heterocycles. The van der Waals surface area contributed by atoms with Crippen LogP contribution >= 0.6 is 0 Å². The molecule has 29 heavy (non-hydrogen) atoms. The SMILES string of the molecule is CC(=O)C1=CN(c2ccc(-c3cccc(C)c3)cc2)C(c2ccccc2F)N1C. The highest BCUT2D eigenvalue weighted by Crippen LogP contribution is 2.39. The van der Waals surface area contributed by atoms with Gasteiger partial charge in [0.1, 0.15) is 12.0 Å². The first-order chi connectivity index (χ1) is 14.0. The molecule has 3 aromatic carbocycles. The second-order valence-corrected chi connectivity index (χ2v) is 7.40. The molecule has 3 nitrogen and oxygen atoms in total. The topological polar surface area (TPSA) is 23.6 Å². The van der Waals surface area contributed by atoms with Crippen molar-refractivity contribution in [3.8, 4) is 11.1 Å². The van der Waals surface area contributed by atoms with Crippen molar-refractivity contribution in [3.05, 3.63) is 102 Å². The van der Waals surface area contributed by atoms with Crippen molar-refractivity contribution in [1.29, 1.82) is 0 Å². The van der Waals surface area contributed by atoms with Gasteiger partial charge in [0.15, 0.2) is 5.78 Å². The van der Waals surface area contributed by atoms with Crippen molar-refractivity contribution in [2.24, 2.45) is 0 Å². The summed E-state index contributed by atoms with van der Waals surface area (Å²) in [6.07, 6.45) is 1.39. The Balaban J connectivity index is 1.74. The molecule has 146 valence electrons. The van der Waals surface area contributed by atoms with E-state index in [9.17, 15) is 9.18 Å². The lowest BCUT2D eigenvalue weighted by Gasteiger charge is -2.32. The maximum absolute atomic E-state index is 14.6. The van der Waals surface area contributed by atoms with Gasteiger partial charge in [-0.2, -0.15) is 0 Å². The highest BCUT2D eigenvalue weighted by atomic mass is 19.1. The van der Waals surface area contributed by atoms with Crippen LogP contribution in [-0.2, 0) is 4.79 Å². The van der Waals surface area contributed by atoms with Crippen LogP contribution in [0.1, 0.15) is 24.2 Å². The fourth-order valence-electron chi connectivity index (χ4n) is 3.86. The fraction of sp³-hybridized carbons (Fsp3) is 0.160. The van der Waals surface area contributed by atoms with E-state index >= 15 is 0 Å². The number of likely N-dealkylation sites (N-methyl/N-ethyl adjacent to an activating group) is 1. The third-order valence-electron chi connectivity index (χ3n) is 5.33. The Bertz CT molecular complexity index is 1090. The van der Waals surface area contributed by atoms with Crippen molar-refractivity contribution in [3.63, 3.8) is 0 Å². The van der Waals surface area contributed by atoms with Crippen LogP contribution < -0.4 is 4.90 Å². The van der Waals surface area contributed by atoms with Gasteiger partial charge in [-0.25, -0.2) is 4.39 Å². The van der Waals surface area contributed by atoms with E-state index in [1.54, 1.807) is 18.3 Å². The Kier molecular flexibility index (Phi) is 4.93. The quantitative estimate of drug-likeness (QED) is 0.576. The number of allylic oxidation sites excluding steroid dienone is 1. The summed E-state index contributed by atoms with van der Waals surface area (Å²) < 4.78 is 14.6. The van der Waals surface area contributed by atoms with Crippen molar-refractivity contribution < 1.29 is 9.18 Å². The Morgan fingerprint density at radius 1 is 0.931 bits per heavy atom. The molecule has 1 aliphatic rings. The number of ketones is 1. The summed E-state index contributed by atoms with van der Waals surface area (Å²) in [4.78, 5) is 15.9. The standard InChI is InChI=1S/C25H23FN2O/c1-17-7-6-8-20(15-17)19-11-13-21(14-12-19)28-16-24(18(2)29)27(3)25(28)22-9-4-5-10-23(22)26/h4-16,25H,1-3H3. The summed E-state index contributed by atoms with van der Waals surface area (Å²) in [5.74, 6) is -0.336. The maximum Gasteiger partial charge on any atom is 0.177 e. The van der Waals surface area contributed by atoms with E-state index in [2.05, 4.69) is 37.3 Å². The van der Waals surface area contributed by atoms with Gasteiger partial charge in [-0.15, -0.1) is 0 Å². The summed E-state index contributed by atoms with van der Waals surface area (Å²) in [5, 5.41) is 0. The van der Waals surface area contributed by atoms with Crippen LogP contribution in [-0.4, -0.2) is 17.7 Å². The Hall–Kier alpha value is -3.40. The maximum atomic E-state index is 14.6. The van der Waals surface area contributed by atoms with Crippen LogP contribution in [0.15, 0.2) is 84.7 Å². The Morgan fingerprint density at radius 3 is 2.31 bits per heavy atom. The van der Waals surface area contributed by atoms with Crippen molar-refractivity contribution >= 4 is 11.5 Å². The predicted molar refractivity (Wildman–Crippen MR) is 115 cm³/mol. The molecule has 4 rings (SSSR count). The van der Waals surface area contributed by atoms with E-state index in [0.717, 1.165) is 16.8 Å². The number of nitrogens with zero attached hydrogens (tertiary/aromatic N) is 2. The normalized spacial score (nSPS) is 16.1. The Morgan fingerprint density at radius 2 is 1.66 bits per heavy atom. The Labute approximate surface area is 170 Å². The minimum atomic E-state index is -0.417. The molecule has 0 aromatic heterocycles. The summed E-state index contributed by atoms with van der Waals surface area (Å²) in [6.45, 7) is 3.61. The summed E-state index contributed by atoms with van der Waals surface area (Å²) in [6, 6.07) is 23.2. The number of carbonyl (C=O) groups is 1. The monoisotopic (exact) mass is 386 g/mol. The lowest BCUT2D eigenvalue weighted by atomic mass is 10.0. The van der Waals surface area contributed by atoms with E-state index in [4.69, 9.17) is 0 Å². The lowest BCUT2D eigenvalue weighted by Crippen LogP contribution is -2.31. The molecule has 0 radical (unpaired) electrons. The largest absolute Gasteiger partial charge is 0.346 e. The number of aryl methyl sites for hydroxylation is 1. The average Bonchev–Trinajstić information content (AvgIpc) is 3.06. The second-order valence-electron chi connectivity index (χ2n) is 7.40. The molecule has 1 aliphatic heterocycles. The smallest absolute Gasteiger partial charge is 0.177 e. The average molecular weight is 386 g/mol. The molecular formula is C25H23FN2O. The molecule has 1 atom stereocenters. The molecule has 0 amide bonds.